The van der Waals surface area contributed by atoms with Crippen molar-refractivity contribution >= 4 is 32.9 Å². The monoisotopic (exact) mass is 397 g/mol. The molecule has 0 aliphatic heterocycles. The SMILES string of the molecule is C=C(CN(C)Cc1ccccc1)Nc1ccc2sc(C(C)=O)cc2c1.CNO. The Morgan fingerprint density at radius 2 is 1.86 bits per heavy atom. The number of fused-ring (bicyclic) bond motifs is 1. The number of benzene rings is 2. The summed E-state index contributed by atoms with van der Waals surface area (Å²) in [5.74, 6) is 0.114. The molecule has 0 aliphatic carbocycles. The van der Waals surface area contributed by atoms with E-state index in [9.17, 15) is 4.79 Å². The van der Waals surface area contributed by atoms with E-state index in [1.165, 1.54) is 23.9 Å². The van der Waals surface area contributed by atoms with E-state index in [1.807, 2.05) is 18.2 Å². The van der Waals surface area contributed by atoms with E-state index >= 15 is 0 Å². The average Bonchev–Trinajstić information content (AvgIpc) is 3.06. The zero-order valence-electron chi connectivity index (χ0n) is 16.5. The van der Waals surface area contributed by atoms with Crippen LogP contribution in [0.5, 0.6) is 0 Å². The molecule has 6 heteroatoms. The highest BCUT2D eigenvalue weighted by atomic mass is 32.1. The summed E-state index contributed by atoms with van der Waals surface area (Å²) in [7, 11) is 3.51. The molecule has 28 heavy (non-hydrogen) atoms. The molecule has 0 bridgehead atoms. The van der Waals surface area contributed by atoms with Crippen LogP contribution in [0.2, 0.25) is 0 Å². The molecular formula is C22H27N3O2S. The number of Topliss-reactive ketones (excluding diaryl/α,β-unsaturated/α-hetero) is 1. The predicted molar refractivity (Wildman–Crippen MR) is 118 cm³/mol. The van der Waals surface area contributed by atoms with Crippen molar-refractivity contribution in [2.24, 2.45) is 0 Å². The first-order valence-electron chi connectivity index (χ1n) is 8.95. The Morgan fingerprint density at radius 3 is 2.50 bits per heavy atom. The molecule has 3 aromatic rings. The van der Waals surface area contributed by atoms with Crippen LogP contribution in [0.15, 0.2) is 66.9 Å². The van der Waals surface area contributed by atoms with Crippen LogP contribution in [0.3, 0.4) is 0 Å². The molecule has 3 rings (SSSR count). The van der Waals surface area contributed by atoms with Gasteiger partial charge >= 0.3 is 0 Å². The van der Waals surface area contributed by atoms with Crippen LogP contribution in [0.4, 0.5) is 5.69 Å². The number of thiophene rings is 1. The average molecular weight is 398 g/mol. The Balaban J connectivity index is 0.000000878. The fourth-order valence-corrected chi connectivity index (χ4v) is 3.75. The van der Waals surface area contributed by atoms with Crippen molar-refractivity contribution in [1.82, 2.24) is 10.4 Å². The van der Waals surface area contributed by atoms with Gasteiger partial charge in [0.25, 0.3) is 0 Å². The second-order valence-electron chi connectivity index (χ2n) is 6.53. The van der Waals surface area contributed by atoms with E-state index in [1.54, 1.807) is 12.4 Å². The van der Waals surface area contributed by atoms with Crippen LogP contribution in [0, 0.1) is 0 Å². The van der Waals surface area contributed by atoms with Crippen LogP contribution in [0.25, 0.3) is 10.1 Å². The number of rotatable bonds is 7. The first kappa shape index (κ1) is 21.8. The lowest BCUT2D eigenvalue weighted by Gasteiger charge is -2.19. The Kier molecular flexibility index (Phi) is 8.35. The summed E-state index contributed by atoms with van der Waals surface area (Å²) < 4.78 is 1.13. The minimum absolute atomic E-state index is 0.114. The molecule has 0 spiro atoms. The van der Waals surface area contributed by atoms with Crippen LogP contribution in [-0.4, -0.2) is 36.5 Å². The number of hydrogen-bond donors (Lipinski definition) is 3. The minimum Gasteiger partial charge on any atom is -0.358 e. The maximum atomic E-state index is 11.5. The van der Waals surface area contributed by atoms with Gasteiger partial charge in [-0.05, 0) is 49.2 Å². The van der Waals surface area contributed by atoms with Gasteiger partial charge in [-0.3, -0.25) is 9.69 Å². The fraction of sp³-hybridized carbons (Fsp3) is 0.227. The normalized spacial score (nSPS) is 10.5. The molecule has 0 aliphatic rings. The summed E-state index contributed by atoms with van der Waals surface area (Å²) in [5.41, 5.74) is 4.98. The summed E-state index contributed by atoms with van der Waals surface area (Å²) in [4.78, 5) is 14.5. The number of hydrogen-bond acceptors (Lipinski definition) is 6. The second-order valence-corrected chi connectivity index (χ2v) is 7.61. The molecular weight excluding hydrogens is 370 g/mol. The number of anilines is 1. The van der Waals surface area contributed by atoms with Gasteiger partial charge in [-0.15, -0.1) is 11.3 Å². The van der Waals surface area contributed by atoms with E-state index in [-0.39, 0.29) is 5.78 Å². The van der Waals surface area contributed by atoms with E-state index in [2.05, 4.69) is 60.2 Å². The number of nitrogens with one attached hydrogen (secondary N) is 2. The van der Waals surface area contributed by atoms with Gasteiger partial charge in [0, 0.05) is 36.2 Å². The molecule has 2 aromatic carbocycles. The molecule has 1 heterocycles. The first-order valence-corrected chi connectivity index (χ1v) is 9.77. The van der Waals surface area contributed by atoms with E-state index in [0.717, 1.165) is 39.4 Å². The lowest BCUT2D eigenvalue weighted by molar-refractivity contribution is 0.102. The van der Waals surface area contributed by atoms with Gasteiger partial charge in [0.15, 0.2) is 5.78 Å². The van der Waals surface area contributed by atoms with Gasteiger partial charge < -0.3 is 10.5 Å². The number of carbonyl (C=O) groups excluding carboxylic acids is 1. The summed E-state index contributed by atoms with van der Waals surface area (Å²) in [6.07, 6.45) is 0. The molecule has 0 saturated carbocycles. The maximum Gasteiger partial charge on any atom is 0.169 e. The molecule has 3 N–H and O–H groups in total. The van der Waals surface area contributed by atoms with Crippen molar-refractivity contribution in [3.8, 4) is 0 Å². The van der Waals surface area contributed by atoms with E-state index in [0.29, 0.717) is 0 Å². The highest BCUT2D eigenvalue weighted by Crippen LogP contribution is 2.28. The van der Waals surface area contributed by atoms with Crippen LogP contribution in [-0.2, 0) is 6.54 Å². The molecule has 148 valence electrons. The highest BCUT2D eigenvalue weighted by molar-refractivity contribution is 7.20. The molecule has 5 nitrogen and oxygen atoms in total. The van der Waals surface area contributed by atoms with Gasteiger partial charge in [0.05, 0.1) is 4.88 Å². The van der Waals surface area contributed by atoms with Gasteiger partial charge in [0.1, 0.15) is 0 Å². The first-order chi connectivity index (χ1) is 13.4. The number of ketones is 1. The third kappa shape index (κ3) is 6.58. The topological polar surface area (TPSA) is 64.6 Å². The minimum atomic E-state index is 0.114. The van der Waals surface area contributed by atoms with Crippen molar-refractivity contribution in [1.29, 1.82) is 0 Å². The molecule has 0 unspecified atom stereocenters. The molecule has 0 saturated heterocycles. The fourth-order valence-electron chi connectivity index (χ4n) is 2.82. The zero-order chi connectivity index (χ0) is 20.5. The van der Waals surface area contributed by atoms with E-state index in [4.69, 9.17) is 5.21 Å². The Morgan fingerprint density at radius 1 is 1.18 bits per heavy atom. The van der Waals surface area contributed by atoms with Crippen molar-refractivity contribution in [3.05, 3.63) is 77.3 Å². The lowest BCUT2D eigenvalue weighted by Crippen LogP contribution is -2.22. The van der Waals surface area contributed by atoms with Crippen molar-refractivity contribution in [3.63, 3.8) is 0 Å². The van der Waals surface area contributed by atoms with Gasteiger partial charge in [-0.2, -0.15) is 0 Å². The molecule has 0 fully saturated rings. The molecule has 1 aromatic heterocycles. The molecule has 0 amide bonds. The van der Waals surface area contributed by atoms with Crippen LogP contribution >= 0.6 is 11.3 Å². The Hall–Kier alpha value is -2.51. The maximum absolute atomic E-state index is 11.5. The van der Waals surface area contributed by atoms with E-state index < -0.39 is 0 Å². The predicted octanol–water partition coefficient (Wildman–Crippen LogP) is 4.76. The smallest absolute Gasteiger partial charge is 0.169 e. The van der Waals surface area contributed by atoms with Gasteiger partial charge in [-0.1, -0.05) is 36.9 Å². The Bertz CT molecular complexity index is 922. The Labute approximate surface area is 170 Å². The number of nitrogens with zero attached hydrogens (tertiary/aromatic N) is 1. The van der Waals surface area contributed by atoms with Crippen LogP contribution < -0.4 is 10.8 Å². The number of carbonyl (C=O) groups is 1. The van der Waals surface area contributed by atoms with Crippen molar-refractivity contribution in [2.75, 3.05) is 26.0 Å². The summed E-state index contributed by atoms with van der Waals surface area (Å²) in [5, 5.41) is 11.8. The number of hydroxylamine groups is 1. The van der Waals surface area contributed by atoms with Gasteiger partial charge in [-0.25, -0.2) is 5.48 Å². The highest BCUT2D eigenvalue weighted by Gasteiger charge is 2.07. The third-order valence-electron chi connectivity index (χ3n) is 3.94. The quantitative estimate of drug-likeness (QED) is 0.396. The lowest BCUT2D eigenvalue weighted by atomic mass is 10.2. The number of likely N-dealkylation sites (N-methyl/N-ethyl adjacent to an activating group) is 1. The largest absolute Gasteiger partial charge is 0.358 e. The molecule has 0 atom stereocenters. The van der Waals surface area contributed by atoms with Crippen molar-refractivity contribution in [2.45, 2.75) is 13.5 Å². The second kappa shape index (κ2) is 10.7. The van der Waals surface area contributed by atoms with Crippen LogP contribution in [0.1, 0.15) is 22.2 Å². The zero-order valence-corrected chi connectivity index (χ0v) is 17.3. The van der Waals surface area contributed by atoms with Gasteiger partial charge in [0.2, 0.25) is 0 Å². The summed E-state index contributed by atoms with van der Waals surface area (Å²) >= 11 is 1.54. The third-order valence-corrected chi connectivity index (χ3v) is 5.16. The summed E-state index contributed by atoms with van der Waals surface area (Å²) in [6.45, 7) is 7.39. The molecule has 0 radical (unpaired) electrons. The summed E-state index contributed by atoms with van der Waals surface area (Å²) in [6, 6.07) is 18.5. The van der Waals surface area contributed by atoms with Crippen molar-refractivity contribution < 1.29 is 10.0 Å². The standard InChI is InChI=1S/C21H22N2OS.CH5NO/c1-15(13-23(3)14-17-7-5-4-6-8-17)22-19-9-10-20-18(11-19)12-21(25-20)16(2)24;1-2-3/h4-12,22H,1,13-14H2,2-3H3;2-3H,1H3.